The lowest BCUT2D eigenvalue weighted by Gasteiger charge is -2.43. The number of ether oxygens (including phenoxy) is 2. The Bertz CT molecular complexity index is 213. The molecule has 0 aromatic carbocycles. The van der Waals surface area contributed by atoms with Gasteiger partial charge in [0.1, 0.15) is 0 Å². The van der Waals surface area contributed by atoms with E-state index in [0.717, 1.165) is 32.0 Å². The summed E-state index contributed by atoms with van der Waals surface area (Å²) in [5.41, 5.74) is 0. The van der Waals surface area contributed by atoms with Crippen molar-refractivity contribution in [2.75, 3.05) is 19.8 Å². The van der Waals surface area contributed by atoms with Gasteiger partial charge < -0.3 is 14.8 Å². The van der Waals surface area contributed by atoms with E-state index in [0.29, 0.717) is 6.04 Å². The van der Waals surface area contributed by atoms with E-state index in [1.807, 2.05) is 0 Å². The normalized spacial score (nSPS) is 41.1. The van der Waals surface area contributed by atoms with Crippen LogP contribution >= 0.6 is 0 Å². The van der Waals surface area contributed by atoms with E-state index in [1.54, 1.807) is 0 Å². The molecular weight excluding hydrogens is 178 g/mol. The van der Waals surface area contributed by atoms with Crippen molar-refractivity contribution in [3.8, 4) is 0 Å². The van der Waals surface area contributed by atoms with Gasteiger partial charge in [-0.3, -0.25) is 0 Å². The smallest absolute Gasteiger partial charge is 0.170 e. The lowest BCUT2D eigenvalue weighted by atomic mass is 9.77. The van der Waals surface area contributed by atoms with Gasteiger partial charge in [-0.05, 0) is 31.7 Å². The molecule has 2 heterocycles. The van der Waals surface area contributed by atoms with Gasteiger partial charge in [0.05, 0.1) is 13.2 Å². The predicted octanol–water partition coefficient (Wildman–Crippen LogP) is 1.28. The van der Waals surface area contributed by atoms with Crippen molar-refractivity contribution >= 4 is 0 Å². The maximum atomic E-state index is 5.77. The zero-order chi connectivity index (χ0) is 9.43. The second-order valence-electron chi connectivity index (χ2n) is 4.81. The van der Waals surface area contributed by atoms with Crippen molar-refractivity contribution in [2.45, 2.75) is 43.9 Å². The second kappa shape index (κ2) is 3.47. The third-order valence-electron chi connectivity index (χ3n) is 3.97. The molecule has 3 aliphatic rings. The van der Waals surface area contributed by atoms with E-state index in [4.69, 9.17) is 9.47 Å². The molecule has 2 atom stereocenters. The van der Waals surface area contributed by atoms with Gasteiger partial charge in [-0.1, -0.05) is 0 Å². The third kappa shape index (κ3) is 1.47. The standard InChI is InChI=1S/C11H19NO2/c1-2-9-3-4-11(13-6-7-14-11)8-10(9)12-5-1/h9-10,12H,1-8H2. The zero-order valence-corrected chi connectivity index (χ0v) is 8.63. The highest BCUT2D eigenvalue weighted by Crippen LogP contribution is 2.40. The first-order valence-electron chi connectivity index (χ1n) is 5.89. The lowest BCUT2D eigenvalue weighted by molar-refractivity contribution is -0.190. The summed E-state index contributed by atoms with van der Waals surface area (Å²) < 4.78 is 11.5. The summed E-state index contributed by atoms with van der Waals surface area (Å²) >= 11 is 0. The van der Waals surface area contributed by atoms with Gasteiger partial charge >= 0.3 is 0 Å². The molecule has 0 aromatic rings. The number of fused-ring (bicyclic) bond motifs is 1. The Morgan fingerprint density at radius 1 is 1.14 bits per heavy atom. The summed E-state index contributed by atoms with van der Waals surface area (Å²) in [4.78, 5) is 0. The molecule has 2 unspecified atom stereocenters. The zero-order valence-electron chi connectivity index (χ0n) is 8.63. The van der Waals surface area contributed by atoms with E-state index in [2.05, 4.69) is 5.32 Å². The average Bonchev–Trinajstić information content (AvgIpc) is 2.66. The molecule has 0 amide bonds. The average molecular weight is 197 g/mol. The molecule has 3 rings (SSSR count). The van der Waals surface area contributed by atoms with E-state index in [9.17, 15) is 0 Å². The molecule has 80 valence electrons. The van der Waals surface area contributed by atoms with Gasteiger partial charge in [-0.25, -0.2) is 0 Å². The Morgan fingerprint density at radius 2 is 2.00 bits per heavy atom. The second-order valence-corrected chi connectivity index (χ2v) is 4.81. The Morgan fingerprint density at radius 3 is 2.86 bits per heavy atom. The van der Waals surface area contributed by atoms with Crippen LogP contribution in [0, 0.1) is 5.92 Å². The highest BCUT2D eigenvalue weighted by molar-refractivity contribution is 4.93. The number of hydrogen-bond donors (Lipinski definition) is 1. The van der Waals surface area contributed by atoms with Gasteiger partial charge in [0.2, 0.25) is 0 Å². The van der Waals surface area contributed by atoms with Crippen LogP contribution in [-0.2, 0) is 9.47 Å². The summed E-state index contributed by atoms with van der Waals surface area (Å²) in [6.45, 7) is 2.76. The van der Waals surface area contributed by atoms with Crippen LogP contribution < -0.4 is 5.32 Å². The Kier molecular flexibility index (Phi) is 2.26. The SMILES string of the molecule is C1CNC2CC3(CCC2C1)OCCO3. The van der Waals surface area contributed by atoms with Gasteiger partial charge in [0, 0.05) is 18.9 Å². The monoisotopic (exact) mass is 197 g/mol. The van der Waals surface area contributed by atoms with Crippen molar-refractivity contribution in [1.82, 2.24) is 5.32 Å². The summed E-state index contributed by atoms with van der Waals surface area (Å²) in [7, 11) is 0. The van der Waals surface area contributed by atoms with Crippen molar-refractivity contribution in [3.63, 3.8) is 0 Å². The Balaban J connectivity index is 1.70. The first-order chi connectivity index (χ1) is 6.88. The van der Waals surface area contributed by atoms with Crippen LogP contribution in [0.3, 0.4) is 0 Å². The first-order valence-corrected chi connectivity index (χ1v) is 5.89. The van der Waals surface area contributed by atoms with E-state index in [-0.39, 0.29) is 5.79 Å². The summed E-state index contributed by atoms with van der Waals surface area (Å²) in [6, 6.07) is 0.649. The van der Waals surface area contributed by atoms with Crippen LogP contribution in [0.25, 0.3) is 0 Å². The molecule has 3 nitrogen and oxygen atoms in total. The van der Waals surface area contributed by atoms with E-state index >= 15 is 0 Å². The van der Waals surface area contributed by atoms with Crippen molar-refractivity contribution in [3.05, 3.63) is 0 Å². The third-order valence-corrected chi connectivity index (χ3v) is 3.97. The van der Waals surface area contributed by atoms with E-state index < -0.39 is 0 Å². The van der Waals surface area contributed by atoms with Crippen LogP contribution in [0.1, 0.15) is 32.1 Å². The van der Waals surface area contributed by atoms with Crippen LogP contribution in [0.15, 0.2) is 0 Å². The molecule has 2 saturated heterocycles. The molecule has 14 heavy (non-hydrogen) atoms. The minimum atomic E-state index is -0.203. The molecule has 3 heteroatoms. The summed E-state index contributed by atoms with van der Waals surface area (Å²) in [5.74, 6) is 0.674. The number of piperidine rings is 1. The highest BCUT2D eigenvalue weighted by Gasteiger charge is 2.45. The van der Waals surface area contributed by atoms with E-state index in [1.165, 1.54) is 25.8 Å². The van der Waals surface area contributed by atoms with Crippen molar-refractivity contribution in [2.24, 2.45) is 5.92 Å². The minimum Gasteiger partial charge on any atom is -0.347 e. The van der Waals surface area contributed by atoms with Gasteiger partial charge in [0.15, 0.2) is 5.79 Å². The van der Waals surface area contributed by atoms with Crippen LogP contribution in [0.5, 0.6) is 0 Å². The molecule has 0 bridgehead atoms. The molecular formula is C11H19NO2. The van der Waals surface area contributed by atoms with Crippen LogP contribution in [0.4, 0.5) is 0 Å². The molecule has 1 aliphatic carbocycles. The largest absolute Gasteiger partial charge is 0.347 e. The van der Waals surface area contributed by atoms with Crippen molar-refractivity contribution < 1.29 is 9.47 Å². The summed E-state index contributed by atoms with van der Waals surface area (Å²) in [6.07, 6.45) is 6.19. The van der Waals surface area contributed by atoms with Gasteiger partial charge in [-0.2, -0.15) is 0 Å². The number of nitrogens with one attached hydrogen (secondary N) is 1. The maximum Gasteiger partial charge on any atom is 0.170 e. The fourth-order valence-electron chi connectivity index (χ4n) is 3.21. The molecule has 3 fully saturated rings. The number of rotatable bonds is 0. The Hall–Kier alpha value is -0.120. The van der Waals surface area contributed by atoms with Crippen LogP contribution in [0.2, 0.25) is 0 Å². The molecule has 0 aromatic heterocycles. The fourth-order valence-corrected chi connectivity index (χ4v) is 3.21. The first kappa shape index (κ1) is 9.13. The molecule has 0 radical (unpaired) electrons. The van der Waals surface area contributed by atoms with Gasteiger partial charge in [0.25, 0.3) is 0 Å². The molecule has 2 aliphatic heterocycles. The minimum absolute atomic E-state index is 0.203. The quantitative estimate of drug-likeness (QED) is 0.634. The molecule has 1 spiro atoms. The molecule has 1 N–H and O–H groups in total. The number of hydrogen-bond acceptors (Lipinski definition) is 3. The van der Waals surface area contributed by atoms with Crippen LogP contribution in [-0.4, -0.2) is 31.6 Å². The summed E-state index contributed by atoms with van der Waals surface area (Å²) in [5, 5.41) is 3.61. The van der Waals surface area contributed by atoms with Crippen molar-refractivity contribution in [1.29, 1.82) is 0 Å². The maximum absolute atomic E-state index is 5.77. The lowest BCUT2D eigenvalue weighted by Crippen LogP contribution is -2.51. The highest BCUT2D eigenvalue weighted by atomic mass is 16.7. The predicted molar refractivity (Wildman–Crippen MR) is 53.0 cm³/mol. The topological polar surface area (TPSA) is 30.5 Å². The fraction of sp³-hybridized carbons (Fsp3) is 1.00. The Labute approximate surface area is 85.1 Å². The molecule has 1 saturated carbocycles. The van der Waals surface area contributed by atoms with Gasteiger partial charge in [-0.15, -0.1) is 0 Å².